The third-order valence-electron chi connectivity index (χ3n) is 6.32. The molecule has 2 aliphatic rings. The summed E-state index contributed by atoms with van der Waals surface area (Å²) in [5.74, 6) is -0.616. The Balaban J connectivity index is 1.44. The molecular formula is C25H29N3O6. The van der Waals surface area contributed by atoms with Gasteiger partial charge in [-0.3, -0.25) is 4.79 Å². The van der Waals surface area contributed by atoms with E-state index in [4.69, 9.17) is 9.47 Å². The highest BCUT2D eigenvalue weighted by atomic mass is 16.5. The summed E-state index contributed by atoms with van der Waals surface area (Å²) in [5.41, 5.74) is 1.75. The number of nitriles is 1. The number of morpholine rings is 1. The molecule has 2 heterocycles. The highest BCUT2D eigenvalue weighted by molar-refractivity contribution is 6.02. The van der Waals surface area contributed by atoms with Gasteiger partial charge in [-0.05, 0) is 47.5 Å². The van der Waals surface area contributed by atoms with Gasteiger partial charge in [-0.1, -0.05) is 18.2 Å². The average Bonchev–Trinajstić information content (AvgIpc) is 2.87. The summed E-state index contributed by atoms with van der Waals surface area (Å²) in [4.78, 5) is 14.9. The molecule has 2 fully saturated rings. The Kier molecular flexibility index (Phi) is 7.46. The van der Waals surface area contributed by atoms with E-state index in [1.54, 1.807) is 6.92 Å². The number of benzene rings is 2. The zero-order valence-electron chi connectivity index (χ0n) is 18.9. The summed E-state index contributed by atoms with van der Waals surface area (Å²) < 4.78 is 10.9. The van der Waals surface area contributed by atoms with E-state index in [9.17, 15) is 25.4 Å². The lowest BCUT2D eigenvalue weighted by Crippen LogP contribution is -2.59. The van der Waals surface area contributed by atoms with Crippen LogP contribution in [-0.2, 0) is 14.3 Å². The fraction of sp³-hybridized carbons (Fsp3) is 0.440. The van der Waals surface area contributed by atoms with E-state index in [1.807, 2.05) is 30.3 Å². The van der Waals surface area contributed by atoms with Crippen LogP contribution in [0.1, 0.15) is 12.5 Å². The second-order valence-electron chi connectivity index (χ2n) is 8.62. The lowest BCUT2D eigenvalue weighted by molar-refractivity contribution is -0.215. The third-order valence-corrected chi connectivity index (χ3v) is 6.32. The lowest BCUT2D eigenvalue weighted by Gasteiger charge is -2.39. The van der Waals surface area contributed by atoms with Crippen molar-refractivity contribution in [1.29, 1.82) is 5.26 Å². The van der Waals surface area contributed by atoms with Gasteiger partial charge in [0.15, 0.2) is 0 Å². The smallest absolute Gasteiger partial charge is 0.262 e. The van der Waals surface area contributed by atoms with E-state index in [-0.39, 0.29) is 12.1 Å². The van der Waals surface area contributed by atoms with E-state index in [0.717, 1.165) is 29.5 Å². The van der Waals surface area contributed by atoms with Crippen molar-refractivity contribution in [2.45, 2.75) is 37.4 Å². The monoisotopic (exact) mass is 467 g/mol. The van der Waals surface area contributed by atoms with Gasteiger partial charge in [0.25, 0.3) is 5.91 Å². The van der Waals surface area contributed by atoms with Gasteiger partial charge < -0.3 is 35.0 Å². The molecule has 0 radical (unpaired) electrons. The van der Waals surface area contributed by atoms with Crippen LogP contribution in [0.5, 0.6) is 0 Å². The molecule has 34 heavy (non-hydrogen) atoms. The Bertz CT molecular complexity index is 1110. The molecule has 9 heteroatoms. The number of fused-ring (bicyclic) bond motifs is 1. The number of nitrogens with zero attached hydrogens (tertiary/aromatic N) is 2. The number of carbonyl (C=O) groups is 1. The van der Waals surface area contributed by atoms with Gasteiger partial charge in [-0.25, -0.2) is 0 Å². The largest absolute Gasteiger partial charge is 0.388 e. The molecule has 1 amide bonds. The van der Waals surface area contributed by atoms with Gasteiger partial charge in [0.1, 0.15) is 36.1 Å². The minimum Gasteiger partial charge on any atom is -0.388 e. The highest BCUT2D eigenvalue weighted by Crippen LogP contribution is 2.25. The third kappa shape index (κ3) is 5.22. The first-order chi connectivity index (χ1) is 16.4. The maximum atomic E-state index is 12.6. The normalized spacial score (nSPS) is 27.9. The van der Waals surface area contributed by atoms with Crippen LogP contribution in [0.25, 0.3) is 16.8 Å². The van der Waals surface area contributed by atoms with Gasteiger partial charge in [0.2, 0.25) is 0 Å². The Morgan fingerprint density at radius 1 is 1.12 bits per heavy atom. The van der Waals surface area contributed by atoms with Crippen molar-refractivity contribution >= 4 is 28.4 Å². The first kappa shape index (κ1) is 24.1. The van der Waals surface area contributed by atoms with Gasteiger partial charge in [-0.2, -0.15) is 5.26 Å². The van der Waals surface area contributed by atoms with Crippen molar-refractivity contribution in [2.75, 3.05) is 37.7 Å². The summed E-state index contributed by atoms with van der Waals surface area (Å²) in [6.45, 7) is 4.60. The molecule has 5 atom stereocenters. The number of aliphatic hydroxyl groups is 3. The number of anilines is 1. The number of hydrogen-bond donors (Lipinski definition) is 4. The molecule has 4 N–H and O–H groups in total. The first-order valence-corrected chi connectivity index (χ1v) is 11.3. The van der Waals surface area contributed by atoms with Crippen molar-refractivity contribution < 1.29 is 29.6 Å². The predicted octanol–water partition coefficient (Wildman–Crippen LogP) is 0.570. The van der Waals surface area contributed by atoms with Gasteiger partial charge in [0, 0.05) is 25.3 Å². The molecule has 2 aromatic carbocycles. The second kappa shape index (κ2) is 10.5. The maximum absolute atomic E-state index is 12.6. The molecule has 180 valence electrons. The van der Waals surface area contributed by atoms with Gasteiger partial charge in [-0.15, -0.1) is 0 Å². The van der Waals surface area contributed by atoms with Crippen molar-refractivity contribution in [3.63, 3.8) is 0 Å². The van der Waals surface area contributed by atoms with Crippen molar-refractivity contribution in [1.82, 2.24) is 5.32 Å². The quantitative estimate of drug-likeness (QED) is 0.370. The number of hydrogen-bond acceptors (Lipinski definition) is 8. The standard InChI is InChI=1S/C25H29N3O6/c1-15-22(29)24(31)23(30)21(34-15)14-27-25(32)19(13-26)11-16-2-3-18-12-20(5-4-17(18)10-16)28-6-8-33-9-7-28/h2-5,10-12,15,21-24,29-31H,6-9,14H2,1H3,(H,27,32)/b19-11+/t15?,21-,22+,23-,24-/m1/s1. The molecule has 2 aliphatic heterocycles. The van der Waals surface area contributed by atoms with E-state index in [1.165, 1.54) is 6.08 Å². The van der Waals surface area contributed by atoms with Crippen molar-refractivity contribution in [3.05, 3.63) is 47.5 Å². The van der Waals surface area contributed by atoms with Crippen LogP contribution in [0.4, 0.5) is 5.69 Å². The number of amides is 1. The molecule has 4 rings (SSSR count). The minimum absolute atomic E-state index is 0.0942. The molecule has 9 nitrogen and oxygen atoms in total. The van der Waals surface area contributed by atoms with E-state index in [2.05, 4.69) is 22.3 Å². The zero-order chi connectivity index (χ0) is 24.2. The van der Waals surface area contributed by atoms with Crippen LogP contribution in [0.2, 0.25) is 0 Å². The number of aliphatic hydroxyl groups excluding tert-OH is 3. The molecule has 0 aliphatic carbocycles. The molecule has 2 aromatic rings. The number of rotatable bonds is 5. The van der Waals surface area contributed by atoms with Crippen LogP contribution in [0.15, 0.2) is 42.0 Å². The number of ether oxygens (including phenoxy) is 2. The van der Waals surface area contributed by atoms with Crippen LogP contribution >= 0.6 is 0 Å². The Morgan fingerprint density at radius 3 is 2.56 bits per heavy atom. The van der Waals surface area contributed by atoms with Crippen LogP contribution in [0.3, 0.4) is 0 Å². The summed E-state index contributed by atoms with van der Waals surface area (Å²) in [6, 6.07) is 13.8. The summed E-state index contributed by atoms with van der Waals surface area (Å²) >= 11 is 0. The molecule has 1 unspecified atom stereocenters. The molecule has 2 saturated heterocycles. The van der Waals surface area contributed by atoms with Crippen LogP contribution in [-0.4, -0.2) is 84.6 Å². The van der Waals surface area contributed by atoms with E-state index >= 15 is 0 Å². The zero-order valence-corrected chi connectivity index (χ0v) is 18.9. The van der Waals surface area contributed by atoms with Crippen LogP contribution < -0.4 is 10.2 Å². The van der Waals surface area contributed by atoms with Gasteiger partial charge >= 0.3 is 0 Å². The maximum Gasteiger partial charge on any atom is 0.262 e. The molecule has 0 spiro atoms. The number of carbonyl (C=O) groups excluding carboxylic acids is 1. The molecular weight excluding hydrogens is 438 g/mol. The fourth-order valence-electron chi connectivity index (χ4n) is 4.27. The molecule has 0 saturated carbocycles. The average molecular weight is 468 g/mol. The van der Waals surface area contributed by atoms with E-state index < -0.39 is 36.4 Å². The highest BCUT2D eigenvalue weighted by Gasteiger charge is 2.41. The molecule has 0 bridgehead atoms. The van der Waals surface area contributed by atoms with Crippen molar-refractivity contribution in [2.24, 2.45) is 0 Å². The number of nitrogens with one attached hydrogen (secondary N) is 1. The van der Waals surface area contributed by atoms with Gasteiger partial charge in [0.05, 0.1) is 19.3 Å². The van der Waals surface area contributed by atoms with Crippen molar-refractivity contribution in [3.8, 4) is 6.07 Å². The first-order valence-electron chi connectivity index (χ1n) is 11.3. The summed E-state index contributed by atoms with van der Waals surface area (Å²) in [7, 11) is 0. The van der Waals surface area contributed by atoms with Crippen LogP contribution in [0, 0.1) is 11.3 Å². The lowest BCUT2D eigenvalue weighted by atomic mass is 9.95. The Labute approximate surface area is 197 Å². The summed E-state index contributed by atoms with van der Waals surface area (Å²) in [5, 5.41) is 43.9. The topological polar surface area (TPSA) is 135 Å². The van der Waals surface area contributed by atoms with E-state index in [0.29, 0.717) is 18.8 Å². The molecule has 0 aromatic heterocycles. The minimum atomic E-state index is -1.38. The predicted molar refractivity (Wildman–Crippen MR) is 126 cm³/mol. The second-order valence-corrected chi connectivity index (χ2v) is 8.62. The Morgan fingerprint density at radius 2 is 1.82 bits per heavy atom. The fourth-order valence-corrected chi connectivity index (χ4v) is 4.27. The SMILES string of the molecule is CC1O[C@H](CNC(=O)/C(C#N)=C/c2ccc3cc(N4CCOCC4)ccc3c2)[C@@H](O)[C@H](O)[C@H]1O. The Hall–Kier alpha value is -3.00. The summed E-state index contributed by atoms with van der Waals surface area (Å²) in [6.07, 6.45) is -4.05.